The van der Waals surface area contributed by atoms with Gasteiger partial charge in [-0.1, -0.05) is 46.3 Å². The van der Waals surface area contributed by atoms with Crippen molar-refractivity contribution in [2.24, 2.45) is 0 Å². The first kappa shape index (κ1) is 22.6. The van der Waals surface area contributed by atoms with Gasteiger partial charge in [0, 0.05) is 35.3 Å². The molecule has 4 aromatic rings. The van der Waals surface area contributed by atoms with Crippen LogP contribution < -0.4 is 4.74 Å². The van der Waals surface area contributed by atoms with Gasteiger partial charge in [-0.2, -0.15) is 0 Å². The molecule has 0 N–H and O–H groups in total. The number of methoxy groups -OCH3 is 1. The molecule has 0 unspecified atom stereocenters. The van der Waals surface area contributed by atoms with Crippen molar-refractivity contribution in [3.63, 3.8) is 0 Å². The molecule has 0 bridgehead atoms. The lowest BCUT2D eigenvalue weighted by atomic mass is 10.2. The maximum Gasteiger partial charge on any atom is 0.292 e. The summed E-state index contributed by atoms with van der Waals surface area (Å²) in [5, 5.41) is 19.9. The highest BCUT2D eigenvalue weighted by Crippen LogP contribution is 2.25. The SMILES string of the molecule is COc1ccc([N+](=O)[O-])c(CN(Cc2ccccc2)Cc2nnc(-c3ccc(Br)cc3)o2)n1. The van der Waals surface area contributed by atoms with Gasteiger partial charge < -0.3 is 9.15 Å². The van der Waals surface area contributed by atoms with Crippen LogP contribution in [0.25, 0.3) is 11.5 Å². The number of benzene rings is 2. The summed E-state index contributed by atoms with van der Waals surface area (Å²) < 4.78 is 12.0. The molecule has 10 heteroatoms. The summed E-state index contributed by atoms with van der Waals surface area (Å²) in [4.78, 5) is 17.4. The minimum absolute atomic E-state index is 0.0741. The molecule has 0 atom stereocenters. The summed E-state index contributed by atoms with van der Waals surface area (Å²) in [6.07, 6.45) is 0. The summed E-state index contributed by atoms with van der Waals surface area (Å²) in [5.74, 6) is 1.11. The molecule has 168 valence electrons. The Kier molecular flexibility index (Phi) is 7.06. The van der Waals surface area contributed by atoms with Crippen molar-refractivity contribution in [1.82, 2.24) is 20.1 Å². The standard InChI is InChI=1S/C23H20BrN5O4/c1-32-21-12-11-20(29(30)31)19(25-21)14-28(13-16-5-3-2-4-6-16)15-22-26-27-23(33-22)17-7-9-18(24)10-8-17/h2-12H,13-15H2,1H3. The van der Waals surface area contributed by atoms with E-state index in [0.717, 1.165) is 15.6 Å². The van der Waals surface area contributed by atoms with Crippen molar-refractivity contribution < 1.29 is 14.1 Å². The van der Waals surface area contributed by atoms with E-state index in [4.69, 9.17) is 9.15 Å². The molecule has 0 saturated heterocycles. The van der Waals surface area contributed by atoms with Crippen LogP contribution >= 0.6 is 15.9 Å². The Hall–Kier alpha value is -3.63. The summed E-state index contributed by atoms with van der Waals surface area (Å²) >= 11 is 3.41. The molecule has 9 nitrogen and oxygen atoms in total. The van der Waals surface area contributed by atoms with E-state index in [1.165, 1.54) is 19.2 Å². The van der Waals surface area contributed by atoms with Crippen LogP contribution in [0, 0.1) is 10.1 Å². The quantitative estimate of drug-likeness (QED) is 0.228. The van der Waals surface area contributed by atoms with Crippen molar-refractivity contribution in [2.45, 2.75) is 19.6 Å². The number of aromatic nitrogens is 3. The molecule has 0 aliphatic heterocycles. The minimum atomic E-state index is -0.444. The third kappa shape index (κ3) is 5.79. The predicted molar refractivity (Wildman–Crippen MR) is 124 cm³/mol. The van der Waals surface area contributed by atoms with Gasteiger partial charge in [0.25, 0.3) is 5.69 Å². The Morgan fingerprint density at radius 2 is 1.76 bits per heavy atom. The maximum absolute atomic E-state index is 11.6. The first-order chi connectivity index (χ1) is 16.0. The van der Waals surface area contributed by atoms with E-state index < -0.39 is 4.92 Å². The van der Waals surface area contributed by atoms with Gasteiger partial charge in [0.2, 0.25) is 17.7 Å². The fraction of sp³-hybridized carbons (Fsp3) is 0.174. The predicted octanol–water partition coefficient (Wildman–Crippen LogP) is 5.01. The molecule has 0 radical (unpaired) electrons. The van der Waals surface area contributed by atoms with E-state index in [-0.39, 0.29) is 18.8 Å². The zero-order valence-corrected chi connectivity index (χ0v) is 19.3. The molecule has 4 rings (SSSR count). The molecular formula is C23H20BrN5O4. The van der Waals surface area contributed by atoms with Gasteiger partial charge >= 0.3 is 0 Å². The highest BCUT2D eigenvalue weighted by Gasteiger charge is 2.21. The van der Waals surface area contributed by atoms with E-state index >= 15 is 0 Å². The molecule has 2 heterocycles. The second kappa shape index (κ2) is 10.3. The molecule has 2 aromatic heterocycles. The third-order valence-electron chi connectivity index (χ3n) is 4.87. The lowest BCUT2D eigenvalue weighted by Gasteiger charge is -2.20. The largest absolute Gasteiger partial charge is 0.481 e. The van der Waals surface area contributed by atoms with E-state index in [1.807, 2.05) is 59.5 Å². The monoisotopic (exact) mass is 509 g/mol. The molecule has 0 fully saturated rings. The number of pyridine rings is 1. The number of halogens is 1. The van der Waals surface area contributed by atoms with Gasteiger partial charge in [-0.25, -0.2) is 4.98 Å². The van der Waals surface area contributed by atoms with Crippen molar-refractivity contribution >= 4 is 21.6 Å². The van der Waals surface area contributed by atoms with Crippen molar-refractivity contribution in [2.75, 3.05) is 7.11 Å². The van der Waals surface area contributed by atoms with Crippen molar-refractivity contribution in [3.05, 3.63) is 98.5 Å². The van der Waals surface area contributed by atoms with E-state index in [1.54, 1.807) is 0 Å². The number of nitrogens with zero attached hydrogens (tertiary/aromatic N) is 5. The Morgan fingerprint density at radius 1 is 1.00 bits per heavy atom. The Bertz CT molecular complexity index is 1230. The molecule has 0 aliphatic rings. The second-order valence-electron chi connectivity index (χ2n) is 7.22. The Balaban J connectivity index is 1.61. The van der Waals surface area contributed by atoms with Crippen molar-refractivity contribution in [1.29, 1.82) is 0 Å². The summed E-state index contributed by atoms with van der Waals surface area (Å²) in [5.41, 5.74) is 2.06. The average molecular weight is 510 g/mol. The lowest BCUT2D eigenvalue weighted by molar-refractivity contribution is -0.386. The normalized spacial score (nSPS) is 11.0. The molecule has 0 aliphatic carbocycles. The summed E-state index contributed by atoms with van der Waals surface area (Å²) in [6, 6.07) is 20.2. The number of nitro groups is 1. The molecule has 0 saturated carbocycles. The lowest BCUT2D eigenvalue weighted by Crippen LogP contribution is -2.24. The van der Waals surface area contributed by atoms with Crippen LogP contribution in [0.2, 0.25) is 0 Å². The van der Waals surface area contributed by atoms with Crippen molar-refractivity contribution in [3.8, 4) is 17.3 Å². The molecule has 0 spiro atoms. The van der Waals surface area contributed by atoms with Gasteiger partial charge in [0.05, 0.1) is 18.6 Å². The molecular weight excluding hydrogens is 490 g/mol. The topological polar surface area (TPSA) is 107 Å². The minimum Gasteiger partial charge on any atom is -0.481 e. The van der Waals surface area contributed by atoms with Gasteiger partial charge in [0.1, 0.15) is 5.69 Å². The fourth-order valence-electron chi connectivity index (χ4n) is 3.31. The van der Waals surface area contributed by atoms with Crippen LogP contribution in [0.1, 0.15) is 17.1 Å². The smallest absolute Gasteiger partial charge is 0.292 e. The number of rotatable bonds is 9. The summed E-state index contributed by atoms with van der Waals surface area (Å²) in [6.45, 7) is 0.986. The van der Waals surface area contributed by atoms with E-state index in [2.05, 4.69) is 31.1 Å². The first-order valence-electron chi connectivity index (χ1n) is 10.0. The number of ether oxygens (including phenoxy) is 1. The molecule has 0 amide bonds. The van der Waals surface area contributed by atoms with E-state index in [0.29, 0.717) is 29.9 Å². The molecule has 33 heavy (non-hydrogen) atoms. The molecule has 2 aromatic carbocycles. The van der Waals surface area contributed by atoms with E-state index in [9.17, 15) is 10.1 Å². The van der Waals surface area contributed by atoms with Gasteiger partial charge in [-0.3, -0.25) is 15.0 Å². The number of hydrogen-bond donors (Lipinski definition) is 0. The van der Waals surface area contributed by atoms with Crippen LogP contribution in [0.5, 0.6) is 5.88 Å². The zero-order chi connectivity index (χ0) is 23.2. The van der Waals surface area contributed by atoms with Crippen LogP contribution in [0.3, 0.4) is 0 Å². The third-order valence-corrected chi connectivity index (χ3v) is 5.40. The van der Waals surface area contributed by atoms with Gasteiger partial charge in [-0.05, 0) is 29.8 Å². The second-order valence-corrected chi connectivity index (χ2v) is 8.13. The van der Waals surface area contributed by atoms with Gasteiger partial charge in [-0.15, -0.1) is 10.2 Å². The van der Waals surface area contributed by atoms with Gasteiger partial charge in [0.15, 0.2) is 0 Å². The first-order valence-corrected chi connectivity index (χ1v) is 10.8. The average Bonchev–Trinajstić information content (AvgIpc) is 3.28. The van der Waals surface area contributed by atoms with Crippen LogP contribution in [0.4, 0.5) is 5.69 Å². The highest BCUT2D eigenvalue weighted by atomic mass is 79.9. The van der Waals surface area contributed by atoms with Crippen LogP contribution in [-0.4, -0.2) is 32.1 Å². The Labute approximate surface area is 198 Å². The van der Waals surface area contributed by atoms with Crippen LogP contribution in [-0.2, 0) is 19.6 Å². The van der Waals surface area contributed by atoms with Crippen LogP contribution in [0.15, 0.2) is 75.6 Å². The highest BCUT2D eigenvalue weighted by molar-refractivity contribution is 9.10. The summed E-state index contributed by atoms with van der Waals surface area (Å²) in [7, 11) is 1.47. The zero-order valence-electron chi connectivity index (χ0n) is 17.7. The maximum atomic E-state index is 11.6. The Morgan fingerprint density at radius 3 is 2.45 bits per heavy atom. The fourth-order valence-corrected chi connectivity index (χ4v) is 3.57. The number of hydrogen-bond acceptors (Lipinski definition) is 8.